The van der Waals surface area contributed by atoms with Crippen LogP contribution in [0.15, 0.2) is 97.1 Å². The van der Waals surface area contributed by atoms with Crippen LogP contribution in [0, 0.1) is 12.7 Å². The Morgan fingerprint density at radius 3 is 2.49 bits per heavy atom. The van der Waals surface area contributed by atoms with E-state index in [1.54, 1.807) is 43.7 Å². The summed E-state index contributed by atoms with van der Waals surface area (Å²) in [6, 6.07) is 20.3. The molecule has 3 aromatic carbocycles. The Bertz CT molecular complexity index is 1500. The molecule has 1 atom stereocenters. The van der Waals surface area contributed by atoms with Crippen LogP contribution in [0.3, 0.4) is 0 Å². The van der Waals surface area contributed by atoms with Gasteiger partial charge in [-0.25, -0.2) is 9.37 Å². The monoisotopic (exact) mass is 525 g/mol. The standard InChI is InChI=1S/C31H28FN3O4/c1-21-8-9-24(18-26(21)32)29(36)27-28(35(31(38)30(27)37)16-5-15-34-17-14-33-20-34)23-10-12-25(13-11-23)39-19-22-6-3-2-4-7-22/h2-4,6-14,17-18,20,28,36H,5,15-16,19H2,1H3. The van der Waals surface area contributed by atoms with Gasteiger partial charge in [0.2, 0.25) is 0 Å². The minimum absolute atomic E-state index is 0.0659. The van der Waals surface area contributed by atoms with Crippen LogP contribution in [0.5, 0.6) is 5.75 Å². The molecule has 1 saturated heterocycles. The first-order valence-electron chi connectivity index (χ1n) is 12.7. The molecule has 1 aliphatic rings. The molecule has 0 bridgehead atoms. The van der Waals surface area contributed by atoms with Crippen LogP contribution in [0.1, 0.15) is 34.7 Å². The topological polar surface area (TPSA) is 84.7 Å². The lowest BCUT2D eigenvalue weighted by Gasteiger charge is -2.25. The van der Waals surface area contributed by atoms with Crippen molar-refractivity contribution in [1.82, 2.24) is 14.5 Å². The molecule has 5 rings (SSSR count). The summed E-state index contributed by atoms with van der Waals surface area (Å²) in [5.74, 6) is -1.79. The Balaban J connectivity index is 1.46. The molecule has 1 N–H and O–H groups in total. The van der Waals surface area contributed by atoms with Crippen molar-refractivity contribution >= 4 is 17.4 Å². The second-order valence-electron chi connectivity index (χ2n) is 9.45. The number of aliphatic hydroxyl groups is 1. The average Bonchev–Trinajstić information content (AvgIpc) is 3.56. The zero-order valence-corrected chi connectivity index (χ0v) is 21.5. The van der Waals surface area contributed by atoms with E-state index in [4.69, 9.17) is 4.74 Å². The van der Waals surface area contributed by atoms with E-state index >= 15 is 0 Å². The molecule has 0 radical (unpaired) electrons. The third kappa shape index (κ3) is 5.60. The van der Waals surface area contributed by atoms with Gasteiger partial charge < -0.3 is 19.3 Å². The summed E-state index contributed by atoms with van der Waals surface area (Å²) >= 11 is 0. The third-order valence-corrected chi connectivity index (χ3v) is 6.80. The number of benzene rings is 3. The number of hydrogen-bond acceptors (Lipinski definition) is 5. The maximum Gasteiger partial charge on any atom is 0.295 e. The van der Waals surface area contributed by atoms with Crippen molar-refractivity contribution in [2.75, 3.05) is 6.54 Å². The second-order valence-corrected chi connectivity index (χ2v) is 9.45. The highest BCUT2D eigenvalue weighted by Gasteiger charge is 2.45. The smallest absolute Gasteiger partial charge is 0.295 e. The number of carbonyl (C=O) groups excluding carboxylic acids is 2. The van der Waals surface area contributed by atoms with Gasteiger partial charge in [-0.05, 0) is 48.2 Å². The number of aliphatic hydroxyl groups excluding tert-OH is 1. The molecule has 0 saturated carbocycles. The molecule has 0 aliphatic carbocycles. The number of aromatic nitrogens is 2. The Labute approximate surface area is 225 Å². The average molecular weight is 526 g/mol. The summed E-state index contributed by atoms with van der Waals surface area (Å²) in [5, 5.41) is 11.2. The van der Waals surface area contributed by atoms with Crippen LogP contribution in [-0.4, -0.2) is 37.8 Å². The van der Waals surface area contributed by atoms with Gasteiger partial charge in [-0.1, -0.05) is 54.6 Å². The lowest BCUT2D eigenvalue weighted by molar-refractivity contribution is -0.139. The third-order valence-electron chi connectivity index (χ3n) is 6.80. The molecule has 1 aromatic heterocycles. The normalized spacial score (nSPS) is 16.6. The number of halogens is 1. The lowest BCUT2D eigenvalue weighted by atomic mass is 9.95. The molecule has 1 unspecified atom stereocenters. The van der Waals surface area contributed by atoms with E-state index in [2.05, 4.69) is 4.98 Å². The fourth-order valence-corrected chi connectivity index (χ4v) is 4.68. The van der Waals surface area contributed by atoms with Gasteiger partial charge >= 0.3 is 0 Å². The van der Waals surface area contributed by atoms with E-state index in [0.717, 1.165) is 5.56 Å². The van der Waals surface area contributed by atoms with E-state index < -0.39 is 29.3 Å². The van der Waals surface area contributed by atoms with Crippen LogP contribution in [0.2, 0.25) is 0 Å². The van der Waals surface area contributed by atoms with Crippen molar-refractivity contribution in [3.63, 3.8) is 0 Å². The number of Topliss-reactive ketones (excluding diaryl/α,β-unsaturated/α-hetero) is 1. The van der Waals surface area contributed by atoms with E-state index in [9.17, 15) is 19.1 Å². The molecule has 7 nitrogen and oxygen atoms in total. The first kappa shape index (κ1) is 25.9. The number of ketones is 1. The first-order valence-corrected chi connectivity index (χ1v) is 12.7. The van der Waals surface area contributed by atoms with Gasteiger partial charge in [0.25, 0.3) is 11.7 Å². The van der Waals surface area contributed by atoms with Crippen molar-refractivity contribution in [1.29, 1.82) is 0 Å². The van der Waals surface area contributed by atoms with Crippen molar-refractivity contribution < 1.29 is 23.8 Å². The predicted octanol–water partition coefficient (Wildman–Crippen LogP) is 5.42. The quantitative estimate of drug-likeness (QED) is 0.179. The summed E-state index contributed by atoms with van der Waals surface area (Å²) in [5.41, 5.74) is 2.15. The van der Waals surface area contributed by atoms with Gasteiger partial charge in [0.15, 0.2) is 0 Å². The Morgan fingerprint density at radius 2 is 1.79 bits per heavy atom. The second kappa shape index (κ2) is 11.3. The summed E-state index contributed by atoms with van der Waals surface area (Å²) in [7, 11) is 0. The maximum atomic E-state index is 14.3. The Hall–Kier alpha value is -4.72. The van der Waals surface area contributed by atoms with Gasteiger partial charge in [0, 0.05) is 31.0 Å². The minimum atomic E-state index is -0.833. The van der Waals surface area contributed by atoms with E-state index in [0.29, 0.717) is 36.4 Å². The summed E-state index contributed by atoms with van der Waals surface area (Å²) in [6.45, 7) is 2.88. The summed E-state index contributed by atoms with van der Waals surface area (Å²) in [4.78, 5) is 31.9. The molecule has 1 amide bonds. The van der Waals surface area contributed by atoms with Crippen LogP contribution in [0.4, 0.5) is 4.39 Å². The molecule has 198 valence electrons. The summed E-state index contributed by atoms with van der Waals surface area (Å²) in [6.07, 6.45) is 5.75. The van der Waals surface area contributed by atoms with Crippen molar-refractivity contribution in [3.8, 4) is 5.75 Å². The Morgan fingerprint density at radius 1 is 1.03 bits per heavy atom. The van der Waals surface area contributed by atoms with Crippen molar-refractivity contribution in [2.24, 2.45) is 0 Å². The van der Waals surface area contributed by atoms with Crippen LogP contribution < -0.4 is 4.74 Å². The molecular weight excluding hydrogens is 497 g/mol. The lowest BCUT2D eigenvalue weighted by Crippen LogP contribution is -2.31. The van der Waals surface area contributed by atoms with E-state index in [-0.39, 0.29) is 17.7 Å². The molecular formula is C31H28FN3O4. The number of rotatable bonds is 9. The fraction of sp³-hybridized carbons (Fsp3) is 0.194. The first-order chi connectivity index (χ1) is 18.9. The number of aryl methyl sites for hydroxylation is 2. The molecule has 1 aliphatic heterocycles. The SMILES string of the molecule is Cc1ccc(C(O)=C2C(=O)C(=O)N(CCCn3ccnc3)C2c2ccc(OCc3ccccc3)cc2)cc1F. The van der Waals surface area contributed by atoms with Crippen LogP contribution >= 0.6 is 0 Å². The zero-order chi connectivity index (χ0) is 27.4. The number of hydrogen-bond donors (Lipinski definition) is 1. The van der Waals surface area contributed by atoms with Gasteiger partial charge in [0.1, 0.15) is 23.9 Å². The predicted molar refractivity (Wildman–Crippen MR) is 144 cm³/mol. The van der Waals surface area contributed by atoms with Gasteiger partial charge in [0.05, 0.1) is 17.9 Å². The van der Waals surface area contributed by atoms with Crippen molar-refractivity contribution in [2.45, 2.75) is 32.5 Å². The number of nitrogens with zero attached hydrogens (tertiary/aromatic N) is 3. The highest BCUT2D eigenvalue weighted by Crippen LogP contribution is 2.40. The highest BCUT2D eigenvalue weighted by molar-refractivity contribution is 6.46. The van der Waals surface area contributed by atoms with E-state index in [1.807, 2.05) is 41.1 Å². The number of likely N-dealkylation sites (tertiary alicyclic amines) is 1. The fourth-order valence-electron chi connectivity index (χ4n) is 4.68. The molecule has 1 fully saturated rings. The number of amides is 1. The Kier molecular flexibility index (Phi) is 7.54. The number of carbonyl (C=O) groups is 2. The number of ether oxygens (including phenoxy) is 1. The minimum Gasteiger partial charge on any atom is -0.507 e. The molecule has 4 aromatic rings. The largest absolute Gasteiger partial charge is 0.507 e. The van der Waals surface area contributed by atoms with Gasteiger partial charge in [-0.15, -0.1) is 0 Å². The van der Waals surface area contributed by atoms with Crippen LogP contribution in [-0.2, 0) is 22.7 Å². The van der Waals surface area contributed by atoms with Crippen molar-refractivity contribution in [3.05, 3.63) is 125 Å². The van der Waals surface area contributed by atoms with E-state index in [1.165, 1.54) is 23.1 Å². The highest BCUT2D eigenvalue weighted by atomic mass is 19.1. The van der Waals surface area contributed by atoms with Gasteiger partial charge in [-0.3, -0.25) is 9.59 Å². The molecule has 2 heterocycles. The molecule has 0 spiro atoms. The number of imidazole rings is 1. The zero-order valence-electron chi connectivity index (χ0n) is 21.5. The molecule has 39 heavy (non-hydrogen) atoms. The van der Waals surface area contributed by atoms with Crippen LogP contribution in [0.25, 0.3) is 5.76 Å². The summed E-state index contributed by atoms with van der Waals surface area (Å²) < 4.78 is 22.1. The maximum absolute atomic E-state index is 14.3. The molecule has 8 heteroatoms. The van der Waals surface area contributed by atoms with Gasteiger partial charge in [-0.2, -0.15) is 0 Å².